The SMILES string of the molecule is CCOC1CC(NC/C=C/CCl)C1. The Labute approximate surface area is 85.3 Å². The van der Waals surface area contributed by atoms with Crippen LogP contribution in [0.5, 0.6) is 0 Å². The van der Waals surface area contributed by atoms with Gasteiger partial charge < -0.3 is 10.1 Å². The molecule has 0 heterocycles. The van der Waals surface area contributed by atoms with Gasteiger partial charge in [-0.05, 0) is 19.8 Å². The van der Waals surface area contributed by atoms with Crippen LogP contribution in [0.2, 0.25) is 0 Å². The number of halogens is 1. The fourth-order valence-electron chi connectivity index (χ4n) is 1.49. The van der Waals surface area contributed by atoms with E-state index in [1.165, 1.54) is 0 Å². The van der Waals surface area contributed by atoms with E-state index in [1.54, 1.807) is 0 Å². The van der Waals surface area contributed by atoms with Gasteiger partial charge in [-0.1, -0.05) is 12.2 Å². The van der Waals surface area contributed by atoms with Crippen molar-refractivity contribution in [3.63, 3.8) is 0 Å². The van der Waals surface area contributed by atoms with Gasteiger partial charge in [-0.2, -0.15) is 0 Å². The largest absolute Gasteiger partial charge is 0.378 e. The molecule has 1 rings (SSSR count). The molecule has 1 aliphatic carbocycles. The molecule has 0 amide bonds. The lowest BCUT2D eigenvalue weighted by Crippen LogP contribution is -2.45. The lowest BCUT2D eigenvalue weighted by molar-refractivity contribution is -0.00898. The predicted octanol–water partition coefficient (Wildman–Crippen LogP) is 1.94. The normalized spacial score (nSPS) is 27.8. The number of ether oxygens (including phenoxy) is 1. The Hall–Kier alpha value is -0.0500. The highest BCUT2D eigenvalue weighted by Crippen LogP contribution is 2.22. The third-order valence-corrected chi connectivity index (χ3v) is 2.46. The first-order valence-electron chi connectivity index (χ1n) is 4.92. The molecule has 76 valence electrons. The van der Waals surface area contributed by atoms with Crippen molar-refractivity contribution in [2.75, 3.05) is 19.0 Å². The van der Waals surface area contributed by atoms with E-state index in [4.69, 9.17) is 16.3 Å². The van der Waals surface area contributed by atoms with Crippen molar-refractivity contribution in [2.24, 2.45) is 0 Å². The van der Waals surface area contributed by atoms with Gasteiger partial charge in [0, 0.05) is 25.1 Å². The minimum absolute atomic E-state index is 0.500. The van der Waals surface area contributed by atoms with Gasteiger partial charge in [0.15, 0.2) is 0 Å². The van der Waals surface area contributed by atoms with E-state index in [0.29, 0.717) is 18.0 Å². The lowest BCUT2D eigenvalue weighted by Gasteiger charge is -2.35. The lowest BCUT2D eigenvalue weighted by atomic mass is 9.89. The summed E-state index contributed by atoms with van der Waals surface area (Å²) in [5.41, 5.74) is 0. The second kappa shape index (κ2) is 6.41. The topological polar surface area (TPSA) is 21.3 Å². The summed E-state index contributed by atoms with van der Waals surface area (Å²) in [4.78, 5) is 0. The second-order valence-electron chi connectivity index (χ2n) is 3.28. The Morgan fingerprint density at radius 2 is 2.23 bits per heavy atom. The van der Waals surface area contributed by atoms with Crippen molar-refractivity contribution in [3.8, 4) is 0 Å². The summed E-state index contributed by atoms with van der Waals surface area (Å²) in [5, 5.41) is 3.42. The molecule has 13 heavy (non-hydrogen) atoms. The molecule has 0 aromatic carbocycles. The molecule has 3 heteroatoms. The van der Waals surface area contributed by atoms with Crippen LogP contribution in [0.25, 0.3) is 0 Å². The van der Waals surface area contributed by atoms with Gasteiger partial charge in [-0.25, -0.2) is 0 Å². The average Bonchev–Trinajstić information content (AvgIpc) is 2.07. The Morgan fingerprint density at radius 1 is 1.46 bits per heavy atom. The van der Waals surface area contributed by atoms with Gasteiger partial charge in [0.1, 0.15) is 0 Å². The van der Waals surface area contributed by atoms with Crippen LogP contribution >= 0.6 is 11.6 Å². The van der Waals surface area contributed by atoms with Gasteiger partial charge in [0.25, 0.3) is 0 Å². The molecule has 0 unspecified atom stereocenters. The zero-order chi connectivity index (χ0) is 9.52. The molecule has 0 aliphatic heterocycles. The van der Waals surface area contributed by atoms with Crippen molar-refractivity contribution >= 4 is 11.6 Å². The van der Waals surface area contributed by atoms with E-state index in [2.05, 4.69) is 11.4 Å². The summed E-state index contributed by atoms with van der Waals surface area (Å²) >= 11 is 5.49. The van der Waals surface area contributed by atoms with Crippen LogP contribution in [0.3, 0.4) is 0 Å². The van der Waals surface area contributed by atoms with Gasteiger partial charge >= 0.3 is 0 Å². The van der Waals surface area contributed by atoms with Gasteiger partial charge in [0.05, 0.1) is 6.10 Å². The van der Waals surface area contributed by atoms with E-state index < -0.39 is 0 Å². The van der Waals surface area contributed by atoms with E-state index in [0.717, 1.165) is 26.0 Å². The van der Waals surface area contributed by atoms with Crippen LogP contribution in [-0.4, -0.2) is 31.2 Å². The van der Waals surface area contributed by atoms with E-state index >= 15 is 0 Å². The van der Waals surface area contributed by atoms with Gasteiger partial charge in [-0.15, -0.1) is 11.6 Å². The molecule has 1 aliphatic rings. The molecule has 1 saturated carbocycles. The Bertz CT molecular complexity index is 155. The van der Waals surface area contributed by atoms with Crippen molar-refractivity contribution < 1.29 is 4.74 Å². The van der Waals surface area contributed by atoms with Crippen LogP contribution < -0.4 is 5.32 Å². The number of hydrogen-bond acceptors (Lipinski definition) is 2. The van der Waals surface area contributed by atoms with Gasteiger partial charge in [-0.3, -0.25) is 0 Å². The highest BCUT2D eigenvalue weighted by molar-refractivity contribution is 6.18. The van der Waals surface area contributed by atoms with Crippen molar-refractivity contribution in [1.29, 1.82) is 0 Å². The third-order valence-electron chi connectivity index (χ3n) is 2.28. The molecule has 0 radical (unpaired) electrons. The summed E-state index contributed by atoms with van der Waals surface area (Å²) in [6, 6.07) is 0.650. The number of alkyl halides is 1. The minimum Gasteiger partial charge on any atom is -0.378 e. The highest BCUT2D eigenvalue weighted by atomic mass is 35.5. The fourth-order valence-corrected chi connectivity index (χ4v) is 1.61. The summed E-state index contributed by atoms with van der Waals surface area (Å²) in [5.74, 6) is 0.605. The minimum atomic E-state index is 0.500. The van der Waals surface area contributed by atoms with Crippen molar-refractivity contribution in [1.82, 2.24) is 5.32 Å². The van der Waals surface area contributed by atoms with E-state index in [-0.39, 0.29) is 0 Å². The number of nitrogens with one attached hydrogen (secondary N) is 1. The summed E-state index contributed by atoms with van der Waals surface area (Å²) in [7, 11) is 0. The molecule has 0 spiro atoms. The standard InChI is InChI=1S/C10H18ClNO/c1-2-13-10-7-9(8-10)12-6-4-3-5-11/h3-4,9-10,12H,2,5-8H2,1H3/b4-3+. The molecule has 0 aromatic rings. The first kappa shape index (κ1) is 11.0. The molecule has 1 N–H and O–H groups in total. The fraction of sp³-hybridized carbons (Fsp3) is 0.800. The number of rotatable bonds is 6. The summed E-state index contributed by atoms with van der Waals surface area (Å²) in [6.45, 7) is 3.81. The Morgan fingerprint density at radius 3 is 2.85 bits per heavy atom. The molecule has 2 nitrogen and oxygen atoms in total. The van der Waals surface area contributed by atoms with Crippen LogP contribution in [0.4, 0.5) is 0 Å². The zero-order valence-corrected chi connectivity index (χ0v) is 8.89. The smallest absolute Gasteiger partial charge is 0.0604 e. The first-order valence-corrected chi connectivity index (χ1v) is 5.46. The maximum Gasteiger partial charge on any atom is 0.0604 e. The predicted molar refractivity (Wildman–Crippen MR) is 56.3 cm³/mol. The molecular formula is C10H18ClNO. The van der Waals surface area contributed by atoms with Gasteiger partial charge in [0.2, 0.25) is 0 Å². The van der Waals surface area contributed by atoms with Crippen molar-refractivity contribution in [3.05, 3.63) is 12.2 Å². The summed E-state index contributed by atoms with van der Waals surface area (Å²) in [6.07, 6.45) is 6.85. The maximum absolute atomic E-state index is 5.49. The van der Waals surface area contributed by atoms with Crippen LogP contribution in [-0.2, 0) is 4.74 Å². The molecule has 1 fully saturated rings. The Kier molecular flexibility index (Phi) is 5.44. The average molecular weight is 204 g/mol. The molecular weight excluding hydrogens is 186 g/mol. The van der Waals surface area contributed by atoms with Crippen LogP contribution in [0.15, 0.2) is 12.2 Å². The van der Waals surface area contributed by atoms with E-state index in [9.17, 15) is 0 Å². The quantitative estimate of drug-likeness (QED) is 0.526. The molecule has 0 aromatic heterocycles. The van der Waals surface area contributed by atoms with Crippen LogP contribution in [0.1, 0.15) is 19.8 Å². The zero-order valence-electron chi connectivity index (χ0n) is 8.13. The molecule has 0 bridgehead atoms. The van der Waals surface area contributed by atoms with E-state index in [1.807, 2.05) is 13.0 Å². The second-order valence-corrected chi connectivity index (χ2v) is 3.59. The third kappa shape index (κ3) is 4.12. The number of allylic oxidation sites excluding steroid dienone is 1. The van der Waals surface area contributed by atoms with Crippen LogP contribution in [0, 0.1) is 0 Å². The maximum atomic E-state index is 5.49. The highest BCUT2D eigenvalue weighted by Gasteiger charge is 2.28. The monoisotopic (exact) mass is 203 g/mol. The number of hydrogen-bond donors (Lipinski definition) is 1. The molecule has 0 saturated heterocycles. The summed E-state index contributed by atoms with van der Waals surface area (Å²) < 4.78 is 5.46. The first-order chi connectivity index (χ1) is 6.36. The Balaban J connectivity index is 1.92. The molecule has 0 atom stereocenters. The van der Waals surface area contributed by atoms with Crippen molar-refractivity contribution in [2.45, 2.75) is 31.9 Å².